The molecule has 2 bridgehead atoms. The summed E-state index contributed by atoms with van der Waals surface area (Å²) in [5.74, 6) is -0.922. The van der Waals surface area contributed by atoms with Crippen molar-refractivity contribution in [2.24, 2.45) is 34.5 Å². The second kappa shape index (κ2) is 7.56. The molecule has 0 spiro atoms. The van der Waals surface area contributed by atoms with Crippen molar-refractivity contribution in [3.8, 4) is 0 Å². The number of carbonyl (C=O) groups excluding carboxylic acids is 1. The van der Waals surface area contributed by atoms with Gasteiger partial charge >= 0.3 is 5.97 Å². The van der Waals surface area contributed by atoms with E-state index in [0.717, 1.165) is 32.1 Å². The molecule has 0 aromatic carbocycles. The molecule has 7 nitrogen and oxygen atoms in total. The van der Waals surface area contributed by atoms with Crippen LogP contribution in [0.4, 0.5) is 0 Å². The molecule has 202 valence electrons. The number of ether oxygens (including phenoxy) is 3. The smallest absolute Gasteiger partial charge is 0.303 e. The van der Waals surface area contributed by atoms with Gasteiger partial charge in [-0.05, 0) is 87.9 Å². The molecule has 6 rings (SSSR count). The average Bonchev–Trinajstić information content (AvgIpc) is 3.18. The van der Waals surface area contributed by atoms with Crippen molar-refractivity contribution in [2.75, 3.05) is 0 Å². The number of hydrogen-bond acceptors (Lipinski definition) is 7. The van der Waals surface area contributed by atoms with Gasteiger partial charge in [0.15, 0.2) is 0 Å². The lowest BCUT2D eigenvalue weighted by Crippen LogP contribution is -2.64. The number of carbonyl (C=O) groups is 1. The summed E-state index contributed by atoms with van der Waals surface area (Å²) in [6.45, 7) is 11.6. The Morgan fingerprint density at radius 1 is 1.14 bits per heavy atom. The topological polar surface area (TPSA) is 105 Å². The summed E-state index contributed by atoms with van der Waals surface area (Å²) in [7, 11) is 0. The summed E-state index contributed by atoms with van der Waals surface area (Å²) < 4.78 is 19.3. The number of hydrogen-bond donors (Lipinski definition) is 3. The molecule has 2 heterocycles. The normalized spacial score (nSPS) is 55.6. The highest BCUT2D eigenvalue weighted by molar-refractivity contribution is 5.66. The van der Waals surface area contributed by atoms with E-state index < -0.39 is 29.2 Å². The first kappa shape index (κ1) is 25.3. The Hall–Kier alpha value is -0.990. The van der Waals surface area contributed by atoms with Crippen LogP contribution in [0.25, 0.3) is 0 Å². The van der Waals surface area contributed by atoms with Crippen molar-refractivity contribution in [3.05, 3.63) is 11.6 Å². The van der Waals surface area contributed by atoms with Gasteiger partial charge in [0.25, 0.3) is 0 Å². The number of aliphatic hydroxyl groups is 3. The van der Waals surface area contributed by atoms with E-state index in [-0.39, 0.29) is 46.8 Å². The first-order chi connectivity index (χ1) is 16.6. The number of fused-ring (bicyclic) bond motifs is 10. The van der Waals surface area contributed by atoms with Gasteiger partial charge in [-0.3, -0.25) is 4.79 Å². The number of rotatable bonds is 2. The Balaban J connectivity index is 1.41. The van der Waals surface area contributed by atoms with Gasteiger partial charge in [0, 0.05) is 19.3 Å². The molecule has 6 aliphatic rings. The quantitative estimate of drug-likeness (QED) is 0.391. The van der Waals surface area contributed by atoms with Crippen LogP contribution in [0, 0.1) is 34.5 Å². The van der Waals surface area contributed by atoms with E-state index in [0.29, 0.717) is 18.8 Å². The zero-order valence-electron chi connectivity index (χ0n) is 22.6. The maximum absolute atomic E-state index is 12.1. The van der Waals surface area contributed by atoms with Crippen LogP contribution in [0.5, 0.6) is 0 Å². The van der Waals surface area contributed by atoms with E-state index in [4.69, 9.17) is 14.2 Å². The van der Waals surface area contributed by atoms with E-state index >= 15 is 0 Å². The average molecular weight is 505 g/mol. The van der Waals surface area contributed by atoms with Crippen LogP contribution in [-0.4, -0.2) is 62.7 Å². The van der Waals surface area contributed by atoms with Gasteiger partial charge in [0.1, 0.15) is 17.3 Å². The Bertz CT molecular complexity index is 987. The summed E-state index contributed by atoms with van der Waals surface area (Å²) in [4.78, 5) is 12.1. The van der Waals surface area contributed by atoms with Crippen LogP contribution in [-0.2, 0) is 19.0 Å². The number of esters is 1. The standard InChI is InChI=1S/C29H44O7/c1-15(30)34-22-14-29(25(2,3)33)35-21-13-19-23-18(8-10-27(19,5)24(21)28(22,6)36-29)26(4)9-7-17(31)11-16(26)12-20(23)32/h12,17-24,31-33H,7-11,13-14H2,1-6H3/t17-,18-,19-,20+,21-,22+,23+,24?,26-,27-,28-,29-/m0/s1. The third kappa shape index (κ3) is 3.13. The molecule has 36 heavy (non-hydrogen) atoms. The van der Waals surface area contributed by atoms with Crippen LogP contribution >= 0.6 is 0 Å². The first-order valence-corrected chi connectivity index (χ1v) is 14.0. The molecule has 4 aliphatic carbocycles. The molecule has 0 amide bonds. The fraction of sp³-hybridized carbons (Fsp3) is 0.897. The fourth-order valence-corrected chi connectivity index (χ4v) is 10.1. The van der Waals surface area contributed by atoms with Crippen molar-refractivity contribution in [1.29, 1.82) is 0 Å². The minimum atomic E-state index is -1.27. The Morgan fingerprint density at radius 2 is 1.86 bits per heavy atom. The van der Waals surface area contributed by atoms with Gasteiger partial charge in [0.2, 0.25) is 5.79 Å². The van der Waals surface area contributed by atoms with E-state index in [2.05, 4.69) is 19.9 Å². The van der Waals surface area contributed by atoms with Gasteiger partial charge in [-0.2, -0.15) is 0 Å². The molecule has 0 radical (unpaired) electrons. The van der Waals surface area contributed by atoms with Crippen molar-refractivity contribution in [3.63, 3.8) is 0 Å². The molecule has 2 aliphatic heterocycles. The summed E-state index contributed by atoms with van der Waals surface area (Å²) in [5, 5.41) is 33.1. The van der Waals surface area contributed by atoms with E-state index in [9.17, 15) is 20.1 Å². The van der Waals surface area contributed by atoms with Crippen LogP contribution in [0.15, 0.2) is 11.6 Å². The highest BCUT2D eigenvalue weighted by Gasteiger charge is 2.76. The maximum Gasteiger partial charge on any atom is 0.303 e. The van der Waals surface area contributed by atoms with Gasteiger partial charge in [0.05, 0.1) is 18.3 Å². The lowest BCUT2D eigenvalue weighted by molar-refractivity contribution is -0.384. The Labute approximate surface area is 214 Å². The molecule has 7 heteroatoms. The van der Waals surface area contributed by atoms with Crippen molar-refractivity contribution in [1.82, 2.24) is 0 Å². The maximum atomic E-state index is 12.1. The number of aliphatic hydroxyl groups excluding tert-OH is 2. The highest BCUT2D eigenvalue weighted by atomic mass is 16.8. The van der Waals surface area contributed by atoms with Gasteiger partial charge in [-0.1, -0.05) is 25.5 Å². The van der Waals surface area contributed by atoms with E-state index in [1.165, 1.54) is 12.5 Å². The SMILES string of the molecule is CC(=O)O[C@@H]1C[C@]2(C(C)(C)O)O[C@H]3C[C@H]4[C@@H]5[C@H](O)C=C6C[C@@H](O)CC[C@]6(C)[C@H]5CC[C@]4(C)C3[C@@]1(C)O2. The fourth-order valence-electron chi connectivity index (χ4n) is 10.1. The zero-order valence-corrected chi connectivity index (χ0v) is 22.6. The minimum Gasteiger partial charge on any atom is -0.459 e. The first-order valence-electron chi connectivity index (χ1n) is 14.0. The van der Waals surface area contributed by atoms with Crippen LogP contribution < -0.4 is 0 Å². The summed E-state index contributed by atoms with van der Waals surface area (Å²) in [5.41, 5.74) is -0.983. The predicted octanol–water partition coefficient (Wildman–Crippen LogP) is 3.48. The molecule has 3 N–H and O–H groups in total. The molecular weight excluding hydrogens is 460 g/mol. The zero-order chi connectivity index (χ0) is 26.1. The molecule has 2 saturated heterocycles. The summed E-state index contributed by atoms with van der Waals surface area (Å²) in [6.07, 6.45) is 6.07. The highest BCUT2D eigenvalue weighted by Crippen LogP contribution is 2.72. The molecule has 0 aromatic heterocycles. The monoisotopic (exact) mass is 504 g/mol. The van der Waals surface area contributed by atoms with Crippen molar-refractivity contribution < 1.29 is 34.3 Å². The van der Waals surface area contributed by atoms with Crippen LogP contribution in [0.1, 0.15) is 86.5 Å². The van der Waals surface area contributed by atoms with Gasteiger partial charge in [-0.25, -0.2) is 0 Å². The van der Waals surface area contributed by atoms with E-state index in [1.54, 1.807) is 13.8 Å². The van der Waals surface area contributed by atoms with E-state index in [1.807, 2.05) is 6.92 Å². The predicted molar refractivity (Wildman–Crippen MR) is 132 cm³/mol. The third-order valence-electron chi connectivity index (χ3n) is 11.8. The minimum absolute atomic E-state index is 0.00702. The van der Waals surface area contributed by atoms with Gasteiger partial charge < -0.3 is 29.5 Å². The Kier molecular flexibility index (Phi) is 5.31. The summed E-state index contributed by atoms with van der Waals surface area (Å²) in [6, 6.07) is 0. The van der Waals surface area contributed by atoms with Crippen LogP contribution in [0.3, 0.4) is 0 Å². The molecule has 0 aromatic rings. The lowest BCUT2D eigenvalue weighted by Gasteiger charge is -2.60. The largest absolute Gasteiger partial charge is 0.459 e. The second-order valence-electron chi connectivity index (χ2n) is 14.1. The van der Waals surface area contributed by atoms with Crippen molar-refractivity contribution in [2.45, 2.75) is 128 Å². The second-order valence-corrected chi connectivity index (χ2v) is 14.1. The lowest BCUT2D eigenvalue weighted by atomic mass is 9.46. The summed E-state index contributed by atoms with van der Waals surface area (Å²) >= 11 is 0. The molecule has 12 atom stereocenters. The molecule has 3 saturated carbocycles. The van der Waals surface area contributed by atoms with Crippen molar-refractivity contribution >= 4 is 5.97 Å². The molecular formula is C29H44O7. The van der Waals surface area contributed by atoms with Gasteiger partial charge in [-0.15, -0.1) is 0 Å². The third-order valence-corrected chi connectivity index (χ3v) is 11.8. The molecule has 5 fully saturated rings. The molecule has 1 unspecified atom stereocenters. The Morgan fingerprint density at radius 3 is 2.53 bits per heavy atom. The van der Waals surface area contributed by atoms with Crippen LogP contribution in [0.2, 0.25) is 0 Å².